The Hall–Kier alpha value is -3.80. The molecular weight excluding hydrogens is 364 g/mol. The molecule has 0 aliphatic heterocycles. The summed E-state index contributed by atoms with van der Waals surface area (Å²) in [6, 6.07) is 6.66. The Labute approximate surface area is 160 Å². The Kier molecular flexibility index (Phi) is 6.05. The number of benzene rings is 1. The van der Waals surface area contributed by atoms with Crippen molar-refractivity contribution in [1.82, 2.24) is 9.13 Å². The number of hydrogen-bond acceptors (Lipinski definition) is 7. The maximum absolute atomic E-state index is 12.8. The zero-order valence-corrected chi connectivity index (χ0v) is 16.0. The van der Waals surface area contributed by atoms with E-state index in [0.29, 0.717) is 23.7 Å². The van der Waals surface area contributed by atoms with Gasteiger partial charge in [0.05, 0.1) is 13.7 Å². The molecule has 28 heavy (non-hydrogen) atoms. The van der Waals surface area contributed by atoms with E-state index in [1.807, 2.05) is 6.92 Å². The van der Waals surface area contributed by atoms with E-state index in [4.69, 9.17) is 15.2 Å². The van der Waals surface area contributed by atoms with E-state index >= 15 is 0 Å². The molecule has 9 nitrogen and oxygen atoms in total. The highest BCUT2D eigenvalue weighted by Gasteiger charge is 2.23. The maximum atomic E-state index is 12.8. The van der Waals surface area contributed by atoms with Gasteiger partial charge in [-0.3, -0.25) is 18.7 Å². The fraction of sp³-hybridized carbons (Fsp3) is 0.263. The highest BCUT2D eigenvalue weighted by molar-refractivity contribution is 6.16. The molecule has 0 aliphatic rings. The average molecular weight is 384 g/mol. The molecule has 2 rings (SSSR count). The van der Waals surface area contributed by atoms with Crippen molar-refractivity contribution in [3.8, 4) is 17.6 Å². The third-order valence-electron chi connectivity index (χ3n) is 4.10. The molecule has 1 aromatic carbocycles. The zero-order valence-electron chi connectivity index (χ0n) is 16.0. The van der Waals surface area contributed by atoms with Crippen molar-refractivity contribution >= 4 is 17.7 Å². The molecule has 0 saturated carbocycles. The van der Waals surface area contributed by atoms with Crippen molar-refractivity contribution < 1.29 is 14.3 Å². The first-order valence-corrected chi connectivity index (χ1v) is 8.29. The minimum atomic E-state index is -0.870. The largest absolute Gasteiger partial charge is 0.493 e. The first-order valence-electron chi connectivity index (χ1n) is 8.29. The molecule has 9 heteroatoms. The Bertz CT molecular complexity index is 1120. The van der Waals surface area contributed by atoms with Gasteiger partial charge in [-0.05, 0) is 30.7 Å². The molecule has 0 aliphatic carbocycles. The lowest BCUT2D eigenvalue weighted by atomic mass is 10.0. The van der Waals surface area contributed by atoms with Gasteiger partial charge in [0, 0.05) is 14.1 Å². The molecule has 0 spiro atoms. The van der Waals surface area contributed by atoms with E-state index in [9.17, 15) is 19.6 Å². The fourth-order valence-corrected chi connectivity index (χ4v) is 2.57. The normalized spacial score (nSPS) is 11.0. The standard InChI is InChI=1S/C19H20N4O5/c1-5-28-14-9-11(6-7-13(14)27-4)8-12(10-20)16(24)15-17(21)22(2)19(26)23(3)18(15)25/h6-9H,5,21H2,1-4H3/b12-8+. The number of Topliss-reactive ketones (excluding diaryl/α,β-unsaturated/α-hetero) is 1. The summed E-state index contributed by atoms with van der Waals surface area (Å²) in [6.07, 6.45) is 1.31. The lowest BCUT2D eigenvalue weighted by molar-refractivity contribution is 0.103. The van der Waals surface area contributed by atoms with E-state index in [-0.39, 0.29) is 11.4 Å². The summed E-state index contributed by atoms with van der Waals surface area (Å²) >= 11 is 0. The van der Waals surface area contributed by atoms with Gasteiger partial charge < -0.3 is 15.2 Å². The number of nitrogen functional groups attached to an aromatic ring is 1. The number of carbonyl (C=O) groups is 1. The van der Waals surface area contributed by atoms with E-state index in [0.717, 1.165) is 9.13 Å². The maximum Gasteiger partial charge on any atom is 0.332 e. The summed E-state index contributed by atoms with van der Waals surface area (Å²) in [4.78, 5) is 37.1. The highest BCUT2D eigenvalue weighted by atomic mass is 16.5. The summed E-state index contributed by atoms with van der Waals surface area (Å²) < 4.78 is 12.4. The second-order valence-corrected chi connectivity index (χ2v) is 5.81. The minimum Gasteiger partial charge on any atom is -0.493 e. The molecule has 0 atom stereocenters. The van der Waals surface area contributed by atoms with E-state index < -0.39 is 22.6 Å². The molecule has 1 aromatic heterocycles. The van der Waals surface area contributed by atoms with Gasteiger partial charge in [0.2, 0.25) is 5.78 Å². The molecule has 2 N–H and O–H groups in total. The number of aromatic nitrogens is 2. The summed E-state index contributed by atoms with van der Waals surface area (Å²) in [5, 5.41) is 9.45. The van der Waals surface area contributed by atoms with Crippen LogP contribution in [0.5, 0.6) is 11.5 Å². The van der Waals surface area contributed by atoms with Gasteiger partial charge in [-0.15, -0.1) is 0 Å². The van der Waals surface area contributed by atoms with Gasteiger partial charge in [0.15, 0.2) is 11.5 Å². The zero-order chi connectivity index (χ0) is 21.0. The van der Waals surface area contributed by atoms with E-state index in [2.05, 4.69) is 0 Å². The number of anilines is 1. The Morgan fingerprint density at radius 1 is 1.25 bits per heavy atom. The lowest BCUT2D eigenvalue weighted by Gasteiger charge is -2.11. The van der Waals surface area contributed by atoms with Crippen LogP contribution in [0.2, 0.25) is 0 Å². The predicted octanol–water partition coefficient (Wildman–Crippen LogP) is 0.863. The van der Waals surface area contributed by atoms with Crippen LogP contribution in [0, 0.1) is 11.3 Å². The average Bonchev–Trinajstić information content (AvgIpc) is 2.69. The number of hydrogen-bond donors (Lipinski definition) is 1. The summed E-state index contributed by atoms with van der Waals surface area (Å²) in [5.41, 5.74) is 4.01. The van der Waals surface area contributed by atoms with Crippen molar-refractivity contribution in [1.29, 1.82) is 5.26 Å². The SMILES string of the molecule is CCOc1cc(/C=C(\C#N)C(=O)c2c(N)n(C)c(=O)n(C)c2=O)ccc1OC. The van der Waals surface area contributed by atoms with Crippen molar-refractivity contribution in [2.24, 2.45) is 14.1 Å². The van der Waals surface area contributed by atoms with Crippen LogP contribution >= 0.6 is 0 Å². The van der Waals surface area contributed by atoms with Crippen LogP contribution in [0.4, 0.5) is 5.82 Å². The number of ketones is 1. The quantitative estimate of drug-likeness (QED) is 0.444. The number of methoxy groups -OCH3 is 1. The number of carbonyl (C=O) groups excluding carboxylic acids is 1. The van der Waals surface area contributed by atoms with Crippen LogP contribution in [0.1, 0.15) is 22.8 Å². The molecule has 0 amide bonds. The Balaban J connectivity index is 2.60. The van der Waals surface area contributed by atoms with Gasteiger partial charge in [-0.1, -0.05) is 6.07 Å². The van der Waals surface area contributed by atoms with Crippen molar-refractivity contribution in [2.75, 3.05) is 19.5 Å². The second-order valence-electron chi connectivity index (χ2n) is 5.81. The Morgan fingerprint density at radius 3 is 2.50 bits per heavy atom. The number of nitriles is 1. The van der Waals surface area contributed by atoms with E-state index in [1.54, 1.807) is 24.3 Å². The van der Waals surface area contributed by atoms with Crippen LogP contribution in [0.15, 0.2) is 33.4 Å². The monoisotopic (exact) mass is 384 g/mol. The fourth-order valence-electron chi connectivity index (χ4n) is 2.57. The number of nitrogens with zero attached hydrogens (tertiary/aromatic N) is 3. The number of ether oxygens (including phenoxy) is 2. The first kappa shape index (κ1) is 20.5. The van der Waals surface area contributed by atoms with Crippen LogP contribution in [-0.2, 0) is 14.1 Å². The van der Waals surface area contributed by atoms with Gasteiger partial charge in [-0.2, -0.15) is 5.26 Å². The van der Waals surface area contributed by atoms with Gasteiger partial charge in [0.25, 0.3) is 5.56 Å². The second kappa shape index (κ2) is 8.26. The highest BCUT2D eigenvalue weighted by Crippen LogP contribution is 2.29. The molecule has 1 heterocycles. The summed E-state index contributed by atoms with van der Waals surface area (Å²) in [5.74, 6) is -0.227. The summed E-state index contributed by atoms with van der Waals surface area (Å²) in [6.45, 7) is 2.21. The van der Waals surface area contributed by atoms with Crippen molar-refractivity contribution in [2.45, 2.75) is 6.92 Å². The van der Waals surface area contributed by atoms with Crippen molar-refractivity contribution in [3.05, 3.63) is 55.7 Å². The van der Waals surface area contributed by atoms with Crippen LogP contribution in [0.25, 0.3) is 6.08 Å². The smallest absolute Gasteiger partial charge is 0.332 e. The van der Waals surface area contributed by atoms with E-state index in [1.165, 1.54) is 27.3 Å². The van der Waals surface area contributed by atoms with Gasteiger partial charge in [-0.25, -0.2) is 4.79 Å². The molecule has 0 radical (unpaired) electrons. The molecule has 0 saturated heterocycles. The Morgan fingerprint density at radius 2 is 1.93 bits per heavy atom. The molecular formula is C19H20N4O5. The number of rotatable bonds is 6. The van der Waals surface area contributed by atoms with Crippen LogP contribution in [0.3, 0.4) is 0 Å². The third kappa shape index (κ3) is 3.66. The lowest BCUT2D eigenvalue weighted by Crippen LogP contribution is -2.41. The molecule has 2 aromatic rings. The molecule has 0 bridgehead atoms. The molecule has 0 fully saturated rings. The summed E-state index contributed by atoms with van der Waals surface area (Å²) in [7, 11) is 4.06. The number of nitrogens with two attached hydrogens (primary N) is 1. The predicted molar refractivity (Wildman–Crippen MR) is 103 cm³/mol. The van der Waals surface area contributed by atoms with Crippen molar-refractivity contribution in [3.63, 3.8) is 0 Å². The number of allylic oxidation sites excluding steroid dienone is 1. The topological polar surface area (TPSA) is 129 Å². The third-order valence-corrected chi connectivity index (χ3v) is 4.10. The van der Waals surface area contributed by atoms with Crippen LogP contribution in [-0.4, -0.2) is 28.6 Å². The van der Waals surface area contributed by atoms with Gasteiger partial charge in [0.1, 0.15) is 23.0 Å². The van der Waals surface area contributed by atoms with Gasteiger partial charge >= 0.3 is 5.69 Å². The molecule has 146 valence electrons. The first-order chi connectivity index (χ1) is 13.3. The minimum absolute atomic E-state index is 0.302. The molecule has 0 unspecified atom stereocenters. The van der Waals surface area contributed by atoms with Crippen LogP contribution < -0.4 is 26.5 Å².